The molecule has 1 N–H and O–H groups in total. The largest absolute Gasteiger partial charge is 0.467 e. The first-order valence-electron chi connectivity index (χ1n) is 6.89. The highest BCUT2D eigenvalue weighted by atomic mass is 16.6. The van der Waals surface area contributed by atoms with Crippen LogP contribution >= 0.6 is 0 Å². The first-order chi connectivity index (χ1) is 9.80. The molecule has 21 heavy (non-hydrogen) atoms. The van der Waals surface area contributed by atoms with Gasteiger partial charge in [-0.15, -0.1) is 0 Å². The molecule has 1 aromatic rings. The highest BCUT2D eigenvalue weighted by Crippen LogP contribution is 2.32. The summed E-state index contributed by atoms with van der Waals surface area (Å²) in [5.41, 5.74) is -0.829. The van der Waals surface area contributed by atoms with Crippen molar-refractivity contribution in [2.45, 2.75) is 52.6 Å². The van der Waals surface area contributed by atoms with Gasteiger partial charge in [0.1, 0.15) is 11.2 Å². The molecule has 8 heteroatoms. The Balaban J connectivity index is 3.32. The second-order valence-corrected chi connectivity index (χ2v) is 5.05. The van der Waals surface area contributed by atoms with E-state index in [1.165, 1.54) is 11.8 Å². The summed E-state index contributed by atoms with van der Waals surface area (Å²) in [5, 5.41) is 18.4. The second-order valence-electron chi connectivity index (χ2n) is 5.05. The Bertz CT molecular complexity index is 541. The van der Waals surface area contributed by atoms with E-state index in [0.717, 1.165) is 6.42 Å². The Morgan fingerprint density at radius 3 is 2.57 bits per heavy atom. The minimum absolute atomic E-state index is 0.108. The summed E-state index contributed by atoms with van der Waals surface area (Å²) in [6, 6.07) is 0. The minimum Gasteiger partial charge on any atom is -0.467 e. The van der Waals surface area contributed by atoms with E-state index < -0.39 is 16.4 Å². The maximum atomic E-state index is 12.0. The van der Waals surface area contributed by atoms with Crippen molar-refractivity contribution in [1.29, 1.82) is 0 Å². The van der Waals surface area contributed by atoms with Crippen molar-refractivity contribution in [1.82, 2.24) is 9.78 Å². The molecule has 0 aliphatic rings. The maximum absolute atomic E-state index is 12.0. The predicted octanol–water partition coefficient (Wildman–Crippen LogP) is 2.26. The normalized spacial score (nSPS) is 13.6. The summed E-state index contributed by atoms with van der Waals surface area (Å²) in [7, 11) is 1.30. The Morgan fingerprint density at radius 2 is 2.14 bits per heavy atom. The average molecular weight is 298 g/mol. The van der Waals surface area contributed by atoms with Gasteiger partial charge < -0.3 is 10.1 Å². The van der Waals surface area contributed by atoms with E-state index >= 15 is 0 Å². The standard InChI is InChI=1S/C13H22N4O4/c1-6-8-13(4,12(18)21-5)14-11-10(17(19)20)9(3)15-16(11)7-2/h14H,6-8H2,1-5H3. The van der Waals surface area contributed by atoms with Crippen molar-refractivity contribution in [3.05, 3.63) is 15.8 Å². The lowest BCUT2D eigenvalue weighted by Gasteiger charge is -2.28. The molecule has 1 unspecified atom stereocenters. The molecular weight excluding hydrogens is 276 g/mol. The molecule has 0 radical (unpaired) electrons. The number of aromatic nitrogens is 2. The van der Waals surface area contributed by atoms with Gasteiger partial charge in [-0.25, -0.2) is 9.48 Å². The van der Waals surface area contributed by atoms with Gasteiger partial charge in [0.15, 0.2) is 0 Å². The van der Waals surface area contributed by atoms with Gasteiger partial charge in [0.2, 0.25) is 5.82 Å². The van der Waals surface area contributed by atoms with Crippen LogP contribution in [0.3, 0.4) is 0 Å². The smallest absolute Gasteiger partial charge is 0.333 e. The minimum atomic E-state index is -1.03. The molecule has 1 atom stereocenters. The summed E-state index contributed by atoms with van der Waals surface area (Å²) < 4.78 is 6.31. The molecule has 0 aromatic carbocycles. The molecule has 0 aliphatic carbocycles. The predicted molar refractivity (Wildman–Crippen MR) is 78.2 cm³/mol. The molecule has 8 nitrogen and oxygen atoms in total. The van der Waals surface area contributed by atoms with Gasteiger partial charge in [0.25, 0.3) is 0 Å². The molecule has 0 bridgehead atoms. The van der Waals surface area contributed by atoms with E-state index in [-0.39, 0.29) is 11.5 Å². The lowest BCUT2D eigenvalue weighted by Crippen LogP contribution is -2.45. The number of carbonyl (C=O) groups is 1. The number of nitrogens with zero attached hydrogens (tertiary/aromatic N) is 3. The zero-order valence-corrected chi connectivity index (χ0v) is 13.1. The van der Waals surface area contributed by atoms with Crippen LogP contribution in [0.2, 0.25) is 0 Å². The molecule has 0 aliphatic heterocycles. The van der Waals surface area contributed by atoms with Gasteiger partial charge in [0.05, 0.1) is 12.0 Å². The van der Waals surface area contributed by atoms with Crippen LogP contribution in [0.1, 0.15) is 39.3 Å². The van der Waals surface area contributed by atoms with Crippen LogP contribution in [0.15, 0.2) is 0 Å². The van der Waals surface area contributed by atoms with Crippen LogP contribution in [0, 0.1) is 17.0 Å². The van der Waals surface area contributed by atoms with Crippen molar-refractivity contribution >= 4 is 17.5 Å². The lowest BCUT2D eigenvalue weighted by atomic mass is 9.96. The fraction of sp³-hybridized carbons (Fsp3) is 0.692. The van der Waals surface area contributed by atoms with Gasteiger partial charge in [-0.2, -0.15) is 5.10 Å². The van der Waals surface area contributed by atoms with Crippen molar-refractivity contribution in [3.63, 3.8) is 0 Å². The third-order valence-corrected chi connectivity index (χ3v) is 3.36. The lowest BCUT2D eigenvalue weighted by molar-refractivity contribution is -0.384. The Labute approximate surface area is 123 Å². The number of nitrogens with one attached hydrogen (secondary N) is 1. The first-order valence-corrected chi connectivity index (χ1v) is 6.89. The topological polar surface area (TPSA) is 99.3 Å². The second kappa shape index (κ2) is 6.55. The number of methoxy groups -OCH3 is 1. The van der Waals surface area contributed by atoms with E-state index in [1.807, 2.05) is 13.8 Å². The number of ether oxygens (including phenoxy) is 1. The van der Waals surface area contributed by atoms with Crippen LogP contribution in [-0.4, -0.2) is 33.3 Å². The number of rotatable bonds is 7. The summed E-state index contributed by atoms with van der Waals surface area (Å²) in [4.78, 5) is 22.8. The van der Waals surface area contributed by atoms with E-state index in [0.29, 0.717) is 18.7 Å². The van der Waals surface area contributed by atoms with Crippen LogP contribution in [-0.2, 0) is 16.1 Å². The van der Waals surface area contributed by atoms with Gasteiger partial charge in [-0.1, -0.05) is 13.3 Å². The fourth-order valence-corrected chi connectivity index (χ4v) is 2.35. The fourth-order valence-electron chi connectivity index (χ4n) is 2.35. The van der Waals surface area contributed by atoms with Crippen molar-refractivity contribution in [3.8, 4) is 0 Å². The summed E-state index contributed by atoms with van der Waals surface area (Å²) in [6.45, 7) is 7.47. The Kier molecular flexibility index (Phi) is 5.28. The number of anilines is 1. The van der Waals surface area contributed by atoms with Crippen LogP contribution < -0.4 is 5.32 Å². The van der Waals surface area contributed by atoms with Crippen LogP contribution in [0.4, 0.5) is 11.5 Å². The zero-order chi connectivity index (χ0) is 16.2. The molecular formula is C13H22N4O4. The average Bonchev–Trinajstić information content (AvgIpc) is 2.73. The third kappa shape index (κ3) is 3.32. The first kappa shape index (κ1) is 16.9. The molecule has 1 heterocycles. The number of esters is 1. The number of hydrogen-bond donors (Lipinski definition) is 1. The Hall–Kier alpha value is -2.12. The molecule has 1 aromatic heterocycles. The Morgan fingerprint density at radius 1 is 1.52 bits per heavy atom. The van der Waals surface area contributed by atoms with Gasteiger partial charge in [-0.05, 0) is 27.2 Å². The van der Waals surface area contributed by atoms with Gasteiger partial charge in [-0.3, -0.25) is 10.1 Å². The number of carbonyl (C=O) groups excluding carboxylic acids is 1. The third-order valence-electron chi connectivity index (χ3n) is 3.36. The molecule has 1 rings (SSSR count). The van der Waals surface area contributed by atoms with Crippen molar-refractivity contribution < 1.29 is 14.5 Å². The molecule has 0 amide bonds. The number of aryl methyl sites for hydroxylation is 2. The quantitative estimate of drug-likeness (QED) is 0.471. The number of hydrogen-bond acceptors (Lipinski definition) is 6. The monoisotopic (exact) mass is 298 g/mol. The van der Waals surface area contributed by atoms with Crippen molar-refractivity contribution in [2.75, 3.05) is 12.4 Å². The van der Waals surface area contributed by atoms with Gasteiger partial charge in [0, 0.05) is 6.54 Å². The van der Waals surface area contributed by atoms with E-state index in [4.69, 9.17) is 4.74 Å². The zero-order valence-electron chi connectivity index (χ0n) is 13.1. The highest BCUT2D eigenvalue weighted by Gasteiger charge is 2.37. The maximum Gasteiger partial charge on any atom is 0.333 e. The molecule has 0 saturated carbocycles. The number of nitro groups is 1. The van der Waals surface area contributed by atoms with Crippen LogP contribution in [0.5, 0.6) is 0 Å². The molecule has 0 fully saturated rings. The molecule has 0 spiro atoms. The van der Waals surface area contributed by atoms with E-state index in [2.05, 4.69) is 10.4 Å². The van der Waals surface area contributed by atoms with E-state index in [9.17, 15) is 14.9 Å². The molecule has 0 saturated heterocycles. The van der Waals surface area contributed by atoms with Crippen molar-refractivity contribution in [2.24, 2.45) is 0 Å². The summed E-state index contributed by atoms with van der Waals surface area (Å²) >= 11 is 0. The summed E-state index contributed by atoms with van der Waals surface area (Å²) in [5.74, 6) is -0.221. The van der Waals surface area contributed by atoms with Crippen LogP contribution in [0.25, 0.3) is 0 Å². The van der Waals surface area contributed by atoms with E-state index in [1.54, 1.807) is 13.8 Å². The van der Waals surface area contributed by atoms with Gasteiger partial charge >= 0.3 is 11.7 Å². The SMILES string of the molecule is CCCC(C)(Nc1c([N+](=O)[O-])c(C)nn1CC)C(=O)OC. The summed E-state index contributed by atoms with van der Waals surface area (Å²) in [6.07, 6.45) is 1.22. The molecule has 118 valence electrons. The highest BCUT2D eigenvalue weighted by molar-refractivity contribution is 5.84.